The van der Waals surface area contributed by atoms with Crippen LogP contribution in [0, 0.1) is 5.92 Å². The molecule has 0 aliphatic heterocycles. The average molecular weight is 296 g/mol. The van der Waals surface area contributed by atoms with E-state index in [2.05, 4.69) is 27.5 Å². The van der Waals surface area contributed by atoms with Crippen LogP contribution in [-0.4, -0.2) is 29.3 Å². The molecule has 4 heteroatoms. The zero-order chi connectivity index (χ0) is 11.7. The van der Waals surface area contributed by atoms with Gasteiger partial charge in [-0.1, -0.05) is 36.2 Å². The highest BCUT2D eigenvalue weighted by molar-refractivity contribution is 9.10. The molecule has 0 radical (unpaired) electrons. The van der Waals surface area contributed by atoms with Crippen LogP contribution in [0.1, 0.15) is 33.1 Å². The monoisotopic (exact) mass is 295 g/mol. The number of carbonyl (C=O) groups excluding carboxylic acids is 1. The van der Waals surface area contributed by atoms with Crippen LogP contribution in [0.4, 0.5) is 0 Å². The van der Waals surface area contributed by atoms with Crippen molar-refractivity contribution in [2.24, 2.45) is 5.92 Å². The van der Waals surface area contributed by atoms with Gasteiger partial charge in [0.25, 0.3) is 0 Å². The minimum Gasteiger partial charge on any atom is -0.355 e. The Hall–Kier alpha value is 0.300. The van der Waals surface area contributed by atoms with Gasteiger partial charge in [0.2, 0.25) is 5.91 Å². The van der Waals surface area contributed by atoms with Gasteiger partial charge in [0.05, 0.1) is 4.83 Å². The van der Waals surface area contributed by atoms with Gasteiger partial charge in [-0.15, -0.1) is 0 Å². The predicted molar refractivity (Wildman–Crippen MR) is 72.8 cm³/mol. The van der Waals surface area contributed by atoms with E-state index < -0.39 is 0 Å². The first-order valence-electron chi connectivity index (χ1n) is 5.50. The number of unbranched alkanes of at least 4 members (excludes halogenated alkanes) is 2. The van der Waals surface area contributed by atoms with Crippen molar-refractivity contribution in [2.45, 2.75) is 37.9 Å². The van der Waals surface area contributed by atoms with E-state index in [1.165, 1.54) is 18.6 Å². The van der Waals surface area contributed by atoms with Crippen LogP contribution in [0.5, 0.6) is 0 Å². The van der Waals surface area contributed by atoms with Crippen molar-refractivity contribution >= 4 is 33.6 Å². The summed E-state index contributed by atoms with van der Waals surface area (Å²) < 4.78 is 0. The van der Waals surface area contributed by atoms with Crippen LogP contribution in [0.3, 0.4) is 0 Å². The summed E-state index contributed by atoms with van der Waals surface area (Å²) in [4.78, 5) is 11.5. The summed E-state index contributed by atoms with van der Waals surface area (Å²) in [7, 11) is 0. The highest BCUT2D eigenvalue weighted by Gasteiger charge is 2.17. The standard InChI is InChI=1S/C11H22BrNOS/c1-9(2)10(12)11(14)13-7-5-4-6-8-15-3/h9-10H,4-8H2,1-3H3,(H,13,14). The molecule has 0 aliphatic rings. The molecule has 0 rings (SSSR count). The smallest absolute Gasteiger partial charge is 0.234 e. The number of thioether (sulfide) groups is 1. The fourth-order valence-corrected chi connectivity index (χ4v) is 1.81. The zero-order valence-electron chi connectivity index (χ0n) is 9.88. The summed E-state index contributed by atoms with van der Waals surface area (Å²) in [5.41, 5.74) is 0. The number of amides is 1. The van der Waals surface area contributed by atoms with E-state index in [0.717, 1.165) is 13.0 Å². The summed E-state index contributed by atoms with van der Waals surface area (Å²) in [6, 6.07) is 0. The number of rotatable bonds is 8. The minimum absolute atomic E-state index is 0.0521. The number of alkyl halides is 1. The molecule has 0 aromatic heterocycles. The number of hydrogen-bond donors (Lipinski definition) is 1. The highest BCUT2D eigenvalue weighted by Crippen LogP contribution is 2.11. The maximum Gasteiger partial charge on any atom is 0.234 e. The highest BCUT2D eigenvalue weighted by atomic mass is 79.9. The van der Waals surface area contributed by atoms with E-state index in [-0.39, 0.29) is 10.7 Å². The van der Waals surface area contributed by atoms with Gasteiger partial charge in [0.15, 0.2) is 0 Å². The molecule has 0 aromatic carbocycles. The largest absolute Gasteiger partial charge is 0.355 e. The topological polar surface area (TPSA) is 29.1 Å². The quantitative estimate of drug-likeness (QED) is 0.551. The van der Waals surface area contributed by atoms with E-state index in [1.807, 2.05) is 25.6 Å². The molecule has 1 atom stereocenters. The lowest BCUT2D eigenvalue weighted by Gasteiger charge is -2.13. The lowest BCUT2D eigenvalue weighted by atomic mass is 10.1. The maximum absolute atomic E-state index is 11.5. The van der Waals surface area contributed by atoms with E-state index in [9.17, 15) is 4.79 Å². The third-order valence-corrected chi connectivity index (χ3v) is 4.33. The van der Waals surface area contributed by atoms with Crippen LogP contribution in [0.15, 0.2) is 0 Å². The molecule has 90 valence electrons. The summed E-state index contributed by atoms with van der Waals surface area (Å²) in [6.45, 7) is 4.89. The second-order valence-electron chi connectivity index (χ2n) is 3.99. The Bertz CT molecular complexity index is 176. The van der Waals surface area contributed by atoms with Crippen LogP contribution in [-0.2, 0) is 4.79 Å². The summed E-state index contributed by atoms with van der Waals surface area (Å²) in [6.07, 6.45) is 5.67. The number of halogens is 1. The van der Waals surface area contributed by atoms with Gasteiger partial charge in [-0.3, -0.25) is 4.79 Å². The van der Waals surface area contributed by atoms with Gasteiger partial charge in [-0.25, -0.2) is 0 Å². The fraction of sp³-hybridized carbons (Fsp3) is 0.909. The van der Waals surface area contributed by atoms with Crippen LogP contribution in [0.25, 0.3) is 0 Å². The van der Waals surface area contributed by atoms with E-state index in [0.29, 0.717) is 5.92 Å². The molecule has 0 fully saturated rings. The Kier molecular flexibility index (Phi) is 9.71. The number of hydrogen-bond acceptors (Lipinski definition) is 2. The van der Waals surface area contributed by atoms with E-state index >= 15 is 0 Å². The van der Waals surface area contributed by atoms with Gasteiger partial charge >= 0.3 is 0 Å². The Balaban J connectivity index is 3.39. The molecule has 15 heavy (non-hydrogen) atoms. The molecule has 0 bridgehead atoms. The predicted octanol–water partition coefficient (Wildman–Crippen LogP) is 3.06. The van der Waals surface area contributed by atoms with E-state index in [1.54, 1.807) is 0 Å². The van der Waals surface area contributed by atoms with Crippen molar-refractivity contribution in [1.82, 2.24) is 5.32 Å². The summed E-state index contributed by atoms with van der Waals surface area (Å²) in [5, 5.41) is 2.95. The molecule has 0 spiro atoms. The first-order valence-corrected chi connectivity index (χ1v) is 7.81. The lowest BCUT2D eigenvalue weighted by Crippen LogP contribution is -2.34. The Morgan fingerprint density at radius 1 is 1.33 bits per heavy atom. The molecular weight excluding hydrogens is 274 g/mol. The number of nitrogens with one attached hydrogen (secondary N) is 1. The van der Waals surface area contributed by atoms with Crippen molar-refractivity contribution < 1.29 is 4.79 Å². The van der Waals surface area contributed by atoms with Crippen molar-refractivity contribution in [3.8, 4) is 0 Å². The Labute approximate surface area is 106 Å². The van der Waals surface area contributed by atoms with Crippen LogP contribution < -0.4 is 5.32 Å². The molecule has 1 N–H and O–H groups in total. The Morgan fingerprint density at radius 2 is 2.00 bits per heavy atom. The molecule has 1 unspecified atom stereocenters. The molecule has 0 aromatic rings. The number of carbonyl (C=O) groups is 1. The Morgan fingerprint density at radius 3 is 2.53 bits per heavy atom. The molecule has 0 saturated heterocycles. The normalized spacial score (nSPS) is 12.9. The summed E-state index contributed by atoms with van der Waals surface area (Å²) in [5.74, 6) is 1.69. The second kappa shape index (κ2) is 9.52. The second-order valence-corrected chi connectivity index (χ2v) is 5.96. The first kappa shape index (κ1) is 15.3. The average Bonchev–Trinajstić information content (AvgIpc) is 2.21. The SMILES string of the molecule is CSCCCCCNC(=O)C(Br)C(C)C. The van der Waals surface area contributed by atoms with Crippen LogP contribution >= 0.6 is 27.7 Å². The maximum atomic E-state index is 11.5. The minimum atomic E-state index is -0.0521. The first-order chi connectivity index (χ1) is 7.09. The van der Waals surface area contributed by atoms with E-state index in [4.69, 9.17) is 0 Å². The fourth-order valence-electron chi connectivity index (χ4n) is 1.16. The third kappa shape index (κ3) is 8.14. The third-order valence-electron chi connectivity index (χ3n) is 2.16. The van der Waals surface area contributed by atoms with Crippen molar-refractivity contribution in [2.75, 3.05) is 18.6 Å². The zero-order valence-corrected chi connectivity index (χ0v) is 12.3. The van der Waals surface area contributed by atoms with Gasteiger partial charge in [0.1, 0.15) is 0 Å². The van der Waals surface area contributed by atoms with Gasteiger partial charge < -0.3 is 5.32 Å². The van der Waals surface area contributed by atoms with Crippen molar-refractivity contribution in [3.63, 3.8) is 0 Å². The van der Waals surface area contributed by atoms with Crippen molar-refractivity contribution in [3.05, 3.63) is 0 Å². The molecule has 0 saturated carbocycles. The van der Waals surface area contributed by atoms with Gasteiger partial charge in [-0.2, -0.15) is 11.8 Å². The molecular formula is C11H22BrNOS. The van der Waals surface area contributed by atoms with Gasteiger partial charge in [0, 0.05) is 6.54 Å². The molecule has 0 aliphatic carbocycles. The molecule has 2 nitrogen and oxygen atoms in total. The molecule has 1 amide bonds. The summed E-state index contributed by atoms with van der Waals surface area (Å²) >= 11 is 5.27. The van der Waals surface area contributed by atoms with Gasteiger partial charge in [-0.05, 0) is 30.8 Å². The van der Waals surface area contributed by atoms with Crippen molar-refractivity contribution in [1.29, 1.82) is 0 Å². The molecule has 0 heterocycles. The van der Waals surface area contributed by atoms with Crippen LogP contribution in [0.2, 0.25) is 0 Å². The lowest BCUT2D eigenvalue weighted by molar-refractivity contribution is -0.121.